The summed E-state index contributed by atoms with van der Waals surface area (Å²) in [5.74, 6) is 0.170. The Balaban J connectivity index is 1.68. The second-order valence-corrected chi connectivity index (χ2v) is 8.49. The van der Waals surface area contributed by atoms with E-state index in [9.17, 15) is 14.0 Å². The third-order valence-electron chi connectivity index (χ3n) is 4.91. The zero-order valence-corrected chi connectivity index (χ0v) is 18.0. The van der Waals surface area contributed by atoms with Gasteiger partial charge in [-0.1, -0.05) is 48.2 Å². The first-order chi connectivity index (χ1) is 14.9. The Hall–Kier alpha value is -3.13. The van der Waals surface area contributed by atoms with E-state index in [1.54, 1.807) is 18.2 Å². The number of H-pyrrole nitrogens is 1. The number of nitrogens with one attached hydrogen (secondary N) is 2. The minimum absolute atomic E-state index is 0.0494. The molecular formula is C23H22FN3O3S. The van der Waals surface area contributed by atoms with Crippen molar-refractivity contribution >= 4 is 23.5 Å². The van der Waals surface area contributed by atoms with E-state index in [4.69, 9.17) is 4.74 Å². The van der Waals surface area contributed by atoms with Crippen molar-refractivity contribution < 1.29 is 13.9 Å². The number of benzene rings is 2. The number of nitrogens with zero attached hydrogens (tertiary/aromatic N) is 1. The molecule has 1 amide bonds. The number of aromatic nitrogens is 2. The lowest BCUT2D eigenvalue weighted by atomic mass is 9.86. The van der Waals surface area contributed by atoms with Gasteiger partial charge in [0, 0.05) is 23.7 Å². The van der Waals surface area contributed by atoms with E-state index in [-0.39, 0.29) is 35.6 Å². The third kappa shape index (κ3) is 4.64. The molecule has 0 fully saturated rings. The molecule has 4 rings (SSSR count). The number of carbonyl (C=O) groups excluding carboxylic acids is 1. The van der Waals surface area contributed by atoms with Crippen LogP contribution in [0, 0.1) is 5.82 Å². The molecule has 1 aliphatic rings. The molecular weight excluding hydrogens is 417 g/mol. The topological polar surface area (TPSA) is 84.1 Å². The number of thioether (sulfide) groups is 1. The van der Waals surface area contributed by atoms with Crippen LogP contribution in [0.3, 0.4) is 0 Å². The highest BCUT2D eigenvalue weighted by Gasteiger charge is 2.32. The van der Waals surface area contributed by atoms with E-state index in [1.807, 2.05) is 38.1 Å². The Morgan fingerprint density at radius 2 is 1.90 bits per heavy atom. The molecule has 1 aliphatic heterocycles. The number of aromatic amines is 1. The zero-order chi connectivity index (χ0) is 22.0. The van der Waals surface area contributed by atoms with Crippen molar-refractivity contribution in [1.29, 1.82) is 0 Å². The van der Waals surface area contributed by atoms with E-state index in [0.29, 0.717) is 27.8 Å². The van der Waals surface area contributed by atoms with E-state index in [0.717, 1.165) is 5.56 Å². The number of hydrogen-bond donors (Lipinski definition) is 2. The molecule has 0 saturated heterocycles. The summed E-state index contributed by atoms with van der Waals surface area (Å²) < 4.78 is 19.8. The van der Waals surface area contributed by atoms with E-state index < -0.39 is 5.92 Å². The number of halogens is 1. The van der Waals surface area contributed by atoms with Crippen LogP contribution in [0.1, 0.15) is 42.9 Å². The van der Waals surface area contributed by atoms with Gasteiger partial charge in [-0.3, -0.25) is 9.59 Å². The molecule has 2 N–H and O–H groups in total. The second kappa shape index (κ2) is 8.93. The summed E-state index contributed by atoms with van der Waals surface area (Å²) in [7, 11) is 0. The SMILES string of the molecule is CC(C)Oc1ccccc1[C@H]1CC(=O)Nc2nc(SCc3ccccc3F)[nH]c(=O)c21. The van der Waals surface area contributed by atoms with Crippen LogP contribution in [0.5, 0.6) is 5.75 Å². The van der Waals surface area contributed by atoms with E-state index >= 15 is 0 Å². The Morgan fingerprint density at radius 3 is 2.68 bits per heavy atom. The van der Waals surface area contributed by atoms with Gasteiger partial charge in [0.1, 0.15) is 17.4 Å². The van der Waals surface area contributed by atoms with Crippen LogP contribution in [0.25, 0.3) is 0 Å². The van der Waals surface area contributed by atoms with Crippen LogP contribution in [0.4, 0.5) is 10.2 Å². The molecule has 1 atom stereocenters. The lowest BCUT2D eigenvalue weighted by Crippen LogP contribution is -2.31. The highest BCUT2D eigenvalue weighted by molar-refractivity contribution is 7.98. The molecule has 0 bridgehead atoms. The van der Waals surface area contributed by atoms with Gasteiger partial charge in [-0.15, -0.1) is 0 Å². The number of amides is 1. The first-order valence-electron chi connectivity index (χ1n) is 9.98. The number of carbonyl (C=O) groups is 1. The van der Waals surface area contributed by atoms with Crippen molar-refractivity contribution in [2.24, 2.45) is 0 Å². The molecule has 0 radical (unpaired) electrons. The van der Waals surface area contributed by atoms with Crippen LogP contribution in [0.2, 0.25) is 0 Å². The average Bonchev–Trinajstić information content (AvgIpc) is 2.72. The first kappa shape index (κ1) is 21.1. The molecule has 0 aliphatic carbocycles. The quantitative estimate of drug-likeness (QED) is 0.438. The van der Waals surface area contributed by atoms with Crippen molar-refractivity contribution in [3.8, 4) is 5.75 Å². The highest BCUT2D eigenvalue weighted by atomic mass is 32.2. The minimum atomic E-state index is -0.472. The fourth-order valence-corrected chi connectivity index (χ4v) is 4.42. The van der Waals surface area contributed by atoms with Crippen LogP contribution in [0.15, 0.2) is 58.5 Å². The fourth-order valence-electron chi connectivity index (χ4n) is 3.58. The molecule has 3 aromatic rings. The molecule has 2 aromatic carbocycles. The van der Waals surface area contributed by atoms with Gasteiger partial charge in [0.15, 0.2) is 5.16 Å². The minimum Gasteiger partial charge on any atom is -0.491 e. The molecule has 160 valence electrons. The Kier molecular flexibility index (Phi) is 6.08. The van der Waals surface area contributed by atoms with Gasteiger partial charge in [0.05, 0.1) is 11.7 Å². The Morgan fingerprint density at radius 1 is 1.16 bits per heavy atom. The number of fused-ring (bicyclic) bond motifs is 1. The summed E-state index contributed by atoms with van der Waals surface area (Å²) in [5.41, 5.74) is 1.35. The van der Waals surface area contributed by atoms with E-state index in [1.165, 1.54) is 17.8 Å². The van der Waals surface area contributed by atoms with Gasteiger partial charge >= 0.3 is 0 Å². The summed E-state index contributed by atoms with van der Waals surface area (Å²) >= 11 is 1.20. The summed E-state index contributed by atoms with van der Waals surface area (Å²) in [6, 6.07) is 13.9. The number of para-hydroxylation sites is 1. The maximum Gasteiger partial charge on any atom is 0.257 e. The second-order valence-electron chi connectivity index (χ2n) is 7.52. The van der Waals surface area contributed by atoms with Gasteiger partial charge in [-0.2, -0.15) is 0 Å². The molecule has 31 heavy (non-hydrogen) atoms. The highest BCUT2D eigenvalue weighted by Crippen LogP contribution is 2.39. The molecule has 1 aromatic heterocycles. The summed E-state index contributed by atoms with van der Waals surface area (Å²) in [6.07, 6.45) is 0.0735. The average molecular weight is 440 g/mol. The number of anilines is 1. The maximum absolute atomic E-state index is 13.9. The summed E-state index contributed by atoms with van der Waals surface area (Å²) in [5, 5.41) is 3.03. The van der Waals surface area contributed by atoms with Gasteiger partial charge in [-0.25, -0.2) is 9.37 Å². The molecule has 0 unspecified atom stereocenters. The van der Waals surface area contributed by atoms with Crippen molar-refractivity contribution in [3.63, 3.8) is 0 Å². The van der Waals surface area contributed by atoms with Crippen molar-refractivity contribution in [2.75, 3.05) is 5.32 Å². The smallest absolute Gasteiger partial charge is 0.257 e. The predicted octanol–water partition coefficient (Wildman–Crippen LogP) is 4.46. The zero-order valence-electron chi connectivity index (χ0n) is 17.1. The summed E-state index contributed by atoms with van der Waals surface area (Å²) in [6.45, 7) is 3.84. The monoisotopic (exact) mass is 439 g/mol. The largest absolute Gasteiger partial charge is 0.491 e. The van der Waals surface area contributed by atoms with Gasteiger partial charge in [-0.05, 0) is 31.5 Å². The van der Waals surface area contributed by atoms with Gasteiger partial charge in [0.25, 0.3) is 5.56 Å². The molecule has 6 nitrogen and oxygen atoms in total. The third-order valence-corrected chi connectivity index (χ3v) is 5.83. The molecule has 8 heteroatoms. The van der Waals surface area contributed by atoms with Crippen LogP contribution < -0.4 is 15.6 Å². The van der Waals surface area contributed by atoms with Gasteiger partial charge < -0.3 is 15.0 Å². The van der Waals surface area contributed by atoms with E-state index in [2.05, 4.69) is 15.3 Å². The normalized spacial score (nSPS) is 15.5. The fraction of sp³-hybridized carbons (Fsp3) is 0.261. The molecule has 0 saturated carbocycles. The maximum atomic E-state index is 13.9. The van der Waals surface area contributed by atoms with Gasteiger partial charge in [0.2, 0.25) is 5.91 Å². The molecule has 0 spiro atoms. The lowest BCUT2D eigenvalue weighted by molar-refractivity contribution is -0.116. The standard InChI is InChI=1S/C23H22FN3O3S/c1-13(2)30-18-10-6-4-8-15(18)16-11-19(28)25-21-20(16)22(29)27-23(26-21)31-12-14-7-3-5-9-17(14)24/h3-10,13,16H,11-12H2,1-2H3,(H2,25,26,27,28,29)/t16-/m1/s1. The number of hydrogen-bond acceptors (Lipinski definition) is 5. The van der Waals surface area contributed by atoms with Crippen molar-refractivity contribution in [2.45, 2.75) is 43.2 Å². The molecule has 2 heterocycles. The Bertz CT molecular complexity index is 1180. The number of rotatable bonds is 6. The van der Waals surface area contributed by atoms with Crippen LogP contribution in [-0.2, 0) is 10.5 Å². The predicted molar refractivity (Wildman–Crippen MR) is 118 cm³/mol. The Labute approximate surface area is 183 Å². The van der Waals surface area contributed by atoms with Crippen molar-refractivity contribution in [3.05, 3.63) is 81.4 Å². The lowest BCUT2D eigenvalue weighted by Gasteiger charge is -2.26. The van der Waals surface area contributed by atoms with Crippen molar-refractivity contribution in [1.82, 2.24) is 9.97 Å². The first-order valence-corrected chi connectivity index (χ1v) is 11.0. The summed E-state index contributed by atoms with van der Waals surface area (Å²) in [4.78, 5) is 32.7. The van der Waals surface area contributed by atoms with Crippen LogP contribution >= 0.6 is 11.8 Å². The number of ether oxygens (including phenoxy) is 1. The van der Waals surface area contributed by atoms with Crippen LogP contribution in [-0.4, -0.2) is 22.0 Å².